The van der Waals surface area contributed by atoms with Gasteiger partial charge in [0, 0.05) is 40.4 Å². The smallest absolute Gasteiger partial charge is 0.320 e. The molecule has 10 nitrogen and oxygen atoms in total. The predicted octanol–water partition coefficient (Wildman–Crippen LogP) is -0.576. The zero-order valence-corrected chi connectivity index (χ0v) is 18.9. The normalized spacial score (nSPS) is 11.8. The number of methoxy groups -OCH3 is 2. The minimum absolute atomic E-state index is 0.00947. The fraction of sp³-hybridized carbons (Fsp3) is 0.889. The topological polar surface area (TPSA) is 112 Å². The van der Waals surface area contributed by atoms with E-state index in [0.29, 0.717) is 26.3 Å². The zero-order chi connectivity index (χ0) is 22.1. The molecule has 0 aliphatic rings. The van der Waals surface area contributed by atoms with Crippen molar-refractivity contribution in [1.82, 2.24) is 9.80 Å². The van der Waals surface area contributed by atoms with Gasteiger partial charge < -0.3 is 18.9 Å². The van der Waals surface area contributed by atoms with Crippen LogP contribution in [0.1, 0.15) is 13.8 Å². The number of carbonyl (C=O) groups excluding carboxylic acids is 2. The van der Waals surface area contributed by atoms with Crippen molar-refractivity contribution in [3.05, 3.63) is 0 Å². The highest BCUT2D eigenvalue weighted by molar-refractivity contribution is 7.91. The van der Waals surface area contributed by atoms with E-state index in [1.807, 2.05) is 0 Å². The largest absolute Gasteiger partial charge is 0.465 e. The molecule has 0 saturated heterocycles. The van der Waals surface area contributed by atoms with E-state index in [2.05, 4.69) is 0 Å². The maximum atomic E-state index is 12.5. The van der Waals surface area contributed by atoms with E-state index in [0.717, 1.165) is 0 Å². The Morgan fingerprint density at radius 2 is 1.10 bits per heavy atom. The number of sulfone groups is 1. The lowest BCUT2D eigenvalue weighted by atomic mass is 10.4. The van der Waals surface area contributed by atoms with Crippen molar-refractivity contribution in [3.63, 3.8) is 0 Å². The van der Waals surface area contributed by atoms with E-state index in [-0.39, 0.29) is 50.9 Å². The molecule has 0 amide bonds. The Bertz CT molecular complexity index is 514. The molecule has 0 fully saturated rings. The van der Waals surface area contributed by atoms with Crippen LogP contribution in [0.5, 0.6) is 0 Å². The van der Waals surface area contributed by atoms with Crippen LogP contribution in [0, 0.1) is 0 Å². The summed E-state index contributed by atoms with van der Waals surface area (Å²) >= 11 is 0. The van der Waals surface area contributed by atoms with E-state index >= 15 is 0 Å². The SMILES string of the molecule is CCOC(=O)CN(CCOC)CCS(=O)(=O)CCN(CCOC)CC(=O)OCC. The summed E-state index contributed by atoms with van der Waals surface area (Å²) < 4.78 is 44.8. The van der Waals surface area contributed by atoms with E-state index in [1.54, 1.807) is 23.6 Å². The third-order valence-corrected chi connectivity index (χ3v) is 5.59. The second-order valence-corrected chi connectivity index (χ2v) is 8.60. The van der Waals surface area contributed by atoms with Crippen LogP contribution in [0.25, 0.3) is 0 Å². The molecule has 0 radical (unpaired) electrons. The number of ether oxygens (including phenoxy) is 4. The summed E-state index contributed by atoms with van der Waals surface area (Å²) in [7, 11) is -0.309. The van der Waals surface area contributed by atoms with Crippen LogP contribution in [-0.4, -0.2) is 122 Å². The number of carbonyl (C=O) groups is 2. The van der Waals surface area contributed by atoms with Gasteiger partial charge in [-0.2, -0.15) is 0 Å². The van der Waals surface area contributed by atoms with Crippen LogP contribution < -0.4 is 0 Å². The highest BCUT2D eigenvalue weighted by Gasteiger charge is 2.19. The van der Waals surface area contributed by atoms with Gasteiger partial charge in [0.15, 0.2) is 9.84 Å². The van der Waals surface area contributed by atoms with Crippen molar-refractivity contribution in [2.45, 2.75) is 13.8 Å². The summed E-state index contributed by atoms with van der Waals surface area (Å²) in [5.41, 5.74) is 0. The fourth-order valence-electron chi connectivity index (χ4n) is 2.40. The molecular weight excluding hydrogens is 404 g/mol. The first-order chi connectivity index (χ1) is 13.8. The monoisotopic (exact) mass is 440 g/mol. The zero-order valence-electron chi connectivity index (χ0n) is 18.1. The van der Waals surface area contributed by atoms with Gasteiger partial charge in [-0.05, 0) is 13.8 Å². The summed E-state index contributed by atoms with van der Waals surface area (Å²) in [6.07, 6.45) is 0. The summed E-state index contributed by atoms with van der Waals surface area (Å²) in [5, 5.41) is 0. The molecule has 0 unspecified atom stereocenters. The molecule has 29 heavy (non-hydrogen) atoms. The molecule has 0 heterocycles. The quantitative estimate of drug-likeness (QED) is 0.257. The molecule has 0 rings (SSSR count). The maximum absolute atomic E-state index is 12.5. The molecule has 0 atom stereocenters. The average molecular weight is 441 g/mol. The first-order valence-electron chi connectivity index (χ1n) is 9.72. The molecule has 0 bridgehead atoms. The van der Waals surface area contributed by atoms with Crippen LogP contribution in [0.2, 0.25) is 0 Å². The molecule has 0 N–H and O–H groups in total. The van der Waals surface area contributed by atoms with Crippen LogP contribution in [-0.2, 0) is 38.4 Å². The molecule has 0 aromatic heterocycles. The molecule has 0 aromatic carbocycles. The number of hydrogen-bond acceptors (Lipinski definition) is 10. The van der Waals surface area contributed by atoms with Gasteiger partial charge in [0.25, 0.3) is 0 Å². The highest BCUT2D eigenvalue weighted by Crippen LogP contribution is 2.00. The molecule has 11 heteroatoms. The van der Waals surface area contributed by atoms with Crippen molar-refractivity contribution in [3.8, 4) is 0 Å². The highest BCUT2D eigenvalue weighted by atomic mass is 32.2. The van der Waals surface area contributed by atoms with E-state index < -0.39 is 21.8 Å². The second kappa shape index (κ2) is 16.5. The van der Waals surface area contributed by atoms with Gasteiger partial charge in [-0.15, -0.1) is 0 Å². The first kappa shape index (κ1) is 27.7. The Hall–Kier alpha value is -1.27. The first-order valence-corrected chi connectivity index (χ1v) is 11.5. The Labute approximate surface area is 174 Å². The van der Waals surface area contributed by atoms with Crippen molar-refractivity contribution in [1.29, 1.82) is 0 Å². The van der Waals surface area contributed by atoms with Crippen LogP contribution in [0.15, 0.2) is 0 Å². The molecule has 0 saturated carbocycles. The van der Waals surface area contributed by atoms with Gasteiger partial charge in [0.05, 0.1) is 51.0 Å². The minimum Gasteiger partial charge on any atom is -0.465 e. The third kappa shape index (κ3) is 15.3. The fourth-order valence-corrected chi connectivity index (χ4v) is 3.67. The average Bonchev–Trinajstić information content (AvgIpc) is 2.66. The van der Waals surface area contributed by atoms with Gasteiger partial charge in [-0.1, -0.05) is 0 Å². The lowest BCUT2D eigenvalue weighted by Crippen LogP contribution is -2.40. The third-order valence-electron chi connectivity index (χ3n) is 3.98. The predicted molar refractivity (Wildman–Crippen MR) is 109 cm³/mol. The molecule has 172 valence electrons. The Kier molecular flexibility index (Phi) is 15.8. The Morgan fingerprint density at radius 1 is 0.724 bits per heavy atom. The summed E-state index contributed by atoms with van der Waals surface area (Å²) in [4.78, 5) is 26.8. The minimum atomic E-state index is -3.39. The molecule has 0 aliphatic carbocycles. The van der Waals surface area contributed by atoms with E-state index in [1.165, 1.54) is 14.2 Å². The van der Waals surface area contributed by atoms with E-state index in [4.69, 9.17) is 18.9 Å². The standard InChI is InChI=1S/C18H36N2O8S/c1-5-27-17(21)15-19(7-11-25-3)9-13-29(23,24)14-10-20(8-12-26-4)16-18(22)28-6-2/h5-16H2,1-4H3. The molecular formula is C18H36N2O8S. The number of hydrogen-bond donors (Lipinski definition) is 0. The molecule has 0 aliphatic heterocycles. The maximum Gasteiger partial charge on any atom is 0.320 e. The number of nitrogens with zero attached hydrogens (tertiary/aromatic N) is 2. The Morgan fingerprint density at radius 3 is 1.41 bits per heavy atom. The van der Waals surface area contributed by atoms with E-state index in [9.17, 15) is 18.0 Å². The van der Waals surface area contributed by atoms with Gasteiger partial charge in [-0.25, -0.2) is 8.42 Å². The van der Waals surface area contributed by atoms with Gasteiger partial charge in [-0.3, -0.25) is 19.4 Å². The van der Waals surface area contributed by atoms with Crippen molar-refractivity contribution in [2.75, 3.05) is 91.4 Å². The lowest BCUT2D eigenvalue weighted by molar-refractivity contribution is -0.145. The number of esters is 2. The molecule has 0 spiro atoms. The van der Waals surface area contributed by atoms with Crippen LogP contribution in [0.3, 0.4) is 0 Å². The summed E-state index contributed by atoms with van der Waals surface area (Å²) in [6.45, 7) is 5.99. The lowest BCUT2D eigenvalue weighted by Gasteiger charge is -2.22. The van der Waals surface area contributed by atoms with Gasteiger partial charge in [0.1, 0.15) is 0 Å². The van der Waals surface area contributed by atoms with Crippen LogP contribution >= 0.6 is 0 Å². The summed E-state index contributed by atoms with van der Waals surface area (Å²) in [5.74, 6) is -1.01. The van der Waals surface area contributed by atoms with Crippen LogP contribution in [0.4, 0.5) is 0 Å². The van der Waals surface area contributed by atoms with Gasteiger partial charge in [0.2, 0.25) is 0 Å². The number of rotatable bonds is 18. The molecule has 0 aromatic rings. The second-order valence-electron chi connectivity index (χ2n) is 6.30. The van der Waals surface area contributed by atoms with Crippen molar-refractivity contribution in [2.24, 2.45) is 0 Å². The van der Waals surface area contributed by atoms with Crippen molar-refractivity contribution >= 4 is 21.8 Å². The van der Waals surface area contributed by atoms with Gasteiger partial charge >= 0.3 is 11.9 Å². The van der Waals surface area contributed by atoms with Crippen molar-refractivity contribution < 1.29 is 37.0 Å². The summed E-state index contributed by atoms with van der Waals surface area (Å²) in [6, 6.07) is 0. The Balaban J connectivity index is 4.68.